The Balaban J connectivity index is 2.29. The van der Waals surface area contributed by atoms with Gasteiger partial charge in [0.2, 0.25) is 0 Å². The molecule has 0 aliphatic carbocycles. The fourth-order valence-corrected chi connectivity index (χ4v) is 1.48. The number of nitrogens with zero attached hydrogens (tertiary/aromatic N) is 2. The molecule has 0 saturated heterocycles. The van der Waals surface area contributed by atoms with Gasteiger partial charge in [0.15, 0.2) is 0 Å². The van der Waals surface area contributed by atoms with Crippen molar-refractivity contribution in [2.45, 2.75) is 13.3 Å². The van der Waals surface area contributed by atoms with E-state index in [0.717, 1.165) is 6.07 Å². The van der Waals surface area contributed by atoms with Crippen LogP contribution in [0.3, 0.4) is 0 Å². The first kappa shape index (κ1) is 12.3. The smallest absolute Gasteiger partial charge is 0.280 e. The SMILES string of the molecule is Cc1nc(Nc2cccc(F)c2)cc(C(F)F)n1. The van der Waals surface area contributed by atoms with Crippen LogP contribution < -0.4 is 5.32 Å². The maximum absolute atomic E-state index is 13.0. The molecule has 1 aromatic carbocycles. The first-order chi connectivity index (χ1) is 8.54. The highest BCUT2D eigenvalue weighted by Crippen LogP contribution is 2.21. The van der Waals surface area contributed by atoms with Gasteiger partial charge in [-0.2, -0.15) is 0 Å². The van der Waals surface area contributed by atoms with Gasteiger partial charge in [0.05, 0.1) is 0 Å². The molecule has 0 aliphatic rings. The van der Waals surface area contributed by atoms with Crippen LogP contribution in [0.5, 0.6) is 0 Å². The first-order valence-electron chi connectivity index (χ1n) is 5.21. The molecule has 3 nitrogen and oxygen atoms in total. The van der Waals surface area contributed by atoms with Crippen molar-refractivity contribution in [3.63, 3.8) is 0 Å². The lowest BCUT2D eigenvalue weighted by atomic mass is 10.3. The molecular formula is C12H10F3N3. The predicted molar refractivity (Wildman–Crippen MR) is 61.4 cm³/mol. The Morgan fingerprint density at radius 3 is 2.61 bits per heavy atom. The van der Waals surface area contributed by atoms with E-state index in [1.54, 1.807) is 6.07 Å². The number of alkyl halides is 2. The van der Waals surface area contributed by atoms with E-state index in [9.17, 15) is 13.2 Å². The van der Waals surface area contributed by atoms with Gasteiger partial charge in [-0.3, -0.25) is 0 Å². The second-order valence-corrected chi connectivity index (χ2v) is 3.66. The highest BCUT2D eigenvalue weighted by molar-refractivity contribution is 5.56. The lowest BCUT2D eigenvalue weighted by Crippen LogP contribution is -2.01. The summed E-state index contributed by atoms with van der Waals surface area (Å²) < 4.78 is 38.1. The average molecular weight is 253 g/mol. The summed E-state index contributed by atoms with van der Waals surface area (Å²) >= 11 is 0. The van der Waals surface area contributed by atoms with Gasteiger partial charge in [0.1, 0.15) is 23.2 Å². The summed E-state index contributed by atoms with van der Waals surface area (Å²) in [5, 5.41) is 2.76. The standard InChI is InChI=1S/C12H10F3N3/c1-7-16-10(12(14)15)6-11(17-7)18-9-4-2-3-8(13)5-9/h2-6,12H,1H3,(H,16,17,18). The lowest BCUT2D eigenvalue weighted by molar-refractivity contribution is 0.145. The van der Waals surface area contributed by atoms with Crippen LogP contribution in [0.1, 0.15) is 17.9 Å². The van der Waals surface area contributed by atoms with E-state index in [0.29, 0.717) is 5.69 Å². The Bertz CT molecular complexity index is 558. The third-order valence-corrected chi connectivity index (χ3v) is 2.18. The van der Waals surface area contributed by atoms with E-state index in [1.165, 1.54) is 25.1 Å². The van der Waals surface area contributed by atoms with Gasteiger partial charge in [-0.05, 0) is 25.1 Å². The fourth-order valence-electron chi connectivity index (χ4n) is 1.48. The number of hydrogen-bond acceptors (Lipinski definition) is 3. The van der Waals surface area contributed by atoms with Gasteiger partial charge >= 0.3 is 0 Å². The molecule has 0 fully saturated rings. The molecule has 1 heterocycles. The quantitative estimate of drug-likeness (QED) is 0.908. The molecule has 94 valence electrons. The molecule has 0 unspecified atom stereocenters. The van der Waals surface area contributed by atoms with Gasteiger partial charge < -0.3 is 5.32 Å². The fraction of sp³-hybridized carbons (Fsp3) is 0.167. The van der Waals surface area contributed by atoms with E-state index in [1.807, 2.05) is 0 Å². The van der Waals surface area contributed by atoms with Crippen LogP contribution in [0.15, 0.2) is 30.3 Å². The van der Waals surface area contributed by atoms with Gasteiger partial charge in [-0.25, -0.2) is 23.1 Å². The highest BCUT2D eigenvalue weighted by Gasteiger charge is 2.11. The van der Waals surface area contributed by atoms with Crippen LogP contribution in [0.25, 0.3) is 0 Å². The van der Waals surface area contributed by atoms with Crippen LogP contribution in [-0.2, 0) is 0 Å². The van der Waals surface area contributed by atoms with E-state index in [-0.39, 0.29) is 17.3 Å². The maximum Gasteiger partial charge on any atom is 0.280 e. The van der Waals surface area contributed by atoms with Crippen molar-refractivity contribution < 1.29 is 13.2 Å². The maximum atomic E-state index is 13.0. The zero-order valence-corrected chi connectivity index (χ0v) is 9.49. The van der Waals surface area contributed by atoms with Crippen LogP contribution >= 0.6 is 0 Å². The minimum absolute atomic E-state index is 0.211. The predicted octanol–water partition coefficient (Wildman–Crippen LogP) is 3.61. The number of rotatable bonds is 3. The van der Waals surface area contributed by atoms with Crippen molar-refractivity contribution in [1.29, 1.82) is 0 Å². The Morgan fingerprint density at radius 1 is 1.17 bits per heavy atom. The first-order valence-corrected chi connectivity index (χ1v) is 5.21. The molecule has 0 amide bonds. The van der Waals surface area contributed by atoms with Gasteiger partial charge in [0.25, 0.3) is 6.43 Å². The minimum atomic E-state index is -2.67. The monoisotopic (exact) mass is 253 g/mol. The molecule has 0 saturated carbocycles. The van der Waals surface area contributed by atoms with E-state index < -0.39 is 12.2 Å². The van der Waals surface area contributed by atoms with Gasteiger partial charge in [-0.15, -0.1) is 0 Å². The summed E-state index contributed by atoms with van der Waals surface area (Å²) in [7, 11) is 0. The number of anilines is 2. The molecule has 1 N–H and O–H groups in total. The van der Waals surface area contributed by atoms with Crippen molar-refractivity contribution in [3.8, 4) is 0 Å². The van der Waals surface area contributed by atoms with Crippen LogP contribution in [-0.4, -0.2) is 9.97 Å². The Morgan fingerprint density at radius 2 is 1.94 bits per heavy atom. The normalized spacial score (nSPS) is 10.7. The second-order valence-electron chi connectivity index (χ2n) is 3.66. The average Bonchev–Trinajstić information content (AvgIpc) is 2.28. The van der Waals surface area contributed by atoms with E-state index in [4.69, 9.17) is 0 Å². The number of halogens is 3. The van der Waals surface area contributed by atoms with E-state index in [2.05, 4.69) is 15.3 Å². The second kappa shape index (κ2) is 5.03. The molecule has 0 bridgehead atoms. The third-order valence-electron chi connectivity index (χ3n) is 2.18. The number of aromatic nitrogens is 2. The van der Waals surface area contributed by atoms with Crippen molar-refractivity contribution in [3.05, 3.63) is 47.7 Å². The molecule has 0 radical (unpaired) electrons. The van der Waals surface area contributed by atoms with Crippen LogP contribution in [0.2, 0.25) is 0 Å². The highest BCUT2D eigenvalue weighted by atomic mass is 19.3. The minimum Gasteiger partial charge on any atom is -0.340 e. The van der Waals surface area contributed by atoms with Gasteiger partial charge in [-0.1, -0.05) is 6.07 Å². The lowest BCUT2D eigenvalue weighted by Gasteiger charge is -2.08. The van der Waals surface area contributed by atoms with Crippen molar-refractivity contribution in [2.75, 3.05) is 5.32 Å². The molecule has 0 spiro atoms. The largest absolute Gasteiger partial charge is 0.340 e. The van der Waals surface area contributed by atoms with Crippen LogP contribution in [0.4, 0.5) is 24.7 Å². The Hall–Kier alpha value is -2.11. The summed E-state index contributed by atoms with van der Waals surface area (Å²) in [5.41, 5.74) is 0.0784. The Kier molecular flexibility index (Phi) is 3.45. The number of nitrogens with one attached hydrogen (secondary N) is 1. The van der Waals surface area contributed by atoms with Crippen LogP contribution in [0, 0.1) is 12.7 Å². The molecular weight excluding hydrogens is 243 g/mol. The molecule has 18 heavy (non-hydrogen) atoms. The summed E-state index contributed by atoms with van der Waals surface area (Å²) in [4.78, 5) is 7.58. The number of aryl methyl sites for hydroxylation is 1. The third kappa shape index (κ3) is 2.97. The van der Waals surface area contributed by atoms with Crippen molar-refractivity contribution >= 4 is 11.5 Å². The molecule has 2 aromatic rings. The summed E-state index contributed by atoms with van der Waals surface area (Å²) in [6, 6.07) is 6.81. The zero-order chi connectivity index (χ0) is 13.1. The zero-order valence-electron chi connectivity index (χ0n) is 9.49. The Labute approximate surface area is 102 Å². The van der Waals surface area contributed by atoms with Crippen molar-refractivity contribution in [1.82, 2.24) is 9.97 Å². The molecule has 2 rings (SSSR count). The van der Waals surface area contributed by atoms with E-state index >= 15 is 0 Å². The molecule has 0 atom stereocenters. The number of benzene rings is 1. The summed E-state index contributed by atoms with van der Waals surface area (Å²) in [6.07, 6.45) is -2.67. The summed E-state index contributed by atoms with van der Waals surface area (Å²) in [6.45, 7) is 1.52. The topological polar surface area (TPSA) is 37.8 Å². The molecule has 6 heteroatoms. The van der Waals surface area contributed by atoms with Gasteiger partial charge in [0, 0.05) is 11.8 Å². The molecule has 1 aromatic heterocycles. The summed E-state index contributed by atoms with van der Waals surface area (Å²) in [5.74, 6) is 0.0231. The molecule has 0 aliphatic heterocycles. The number of hydrogen-bond donors (Lipinski definition) is 1. The van der Waals surface area contributed by atoms with Crippen molar-refractivity contribution in [2.24, 2.45) is 0 Å².